The quantitative estimate of drug-likeness (QED) is 0.363. The fourth-order valence-corrected chi connectivity index (χ4v) is 4.71. The smallest absolute Gasteiger partial charge is 0.159 e. The summed E-state index contributed by atoms with van der Waals surface area (Å²) in [4.78, 5) is 14.7. The van der Waals surface area contributed by atoms with E-state index in [0.717, 1.165) is 66.1 Å². The van der Waals surface area contributed by atoms with E-state index in [2.05, 4.69) is 78.2 Å². The molecule has 0 bridgehead atoms. The summed E-state index contributed by atoms with van der Waals surface area (Å²) >= 11 is 0. The Labute approximate surface area is 225 Å². The lowest BCUT2D eigenvalue weighted by Crippen LogP contribution is -2.46. The first-order valence-corrected chi connectivity index (χ1v) is 13.1. The van der Waals surface area contributed by atoms with Crippen LogP contribution < -0.4 is 19.9 Å². The van der Waals surface area contributed by atoms with Gasteiger partial charge in [0.1, 0.15) is 17.3 Å². The molecule has 0 atom stereocenters. The SMILES string of the molecule is COc1ccc(N2CCN(c3cnc(-c4cnn(C)c4)c(Nc4cc(C(C)(C)C)ccc4C)n3)CC2)cc1. The van der Waals surface area contributed by atoms with Gasteiger partial charge in [-0.05, 0) is 53.8 Å². The number of anilines is 4. The lowest BCUT2D eigenvalue weighted by Gasteiger charge is -2.36. The Morgan fingerprint density at radius 2 is 1.63 bits per heavy atom. The van der Waals surface area contributed by atoms with Gasteiger partial charge < -0.3 is 19.9 Å². The van der Waals surface area contributed by atoms with Crippen LogP contribution in [-0.4, -0.2) is 53.0 Å². The van der Waals surface area contributed by atoms with Gasteiger partial charge >= 0.3 is 0 Å². The molecule has 198 valence electrons. The number of benzene rings is 2. The summed E-state index contributed by atoms with van der Waals surface area (Å²) in [6.45, 7) is 12.4. The van der Waals surface area contributed by atoms with Gasteiger partial charge in [-0.15, -0.1) is 0 Å². The average molecular weight is 512 g/mol. The van der Waals surface area contributed by atoms with Crippen LogP contribution >= 0.6 is 0 Å². The topological polar surface area (TPSA) is 71.3 Å². The van der Waals surface area contributed by atoms with Crippen molar-refractivity contribution in [1.82, 2.24) is 19.7 Å². The number of nitrogens with one attached hydrogen (secondary N) is 1. The molecule has 0 aliphatic carbocycles. The normalized spacial score (nSPS) is 14.1. The van der Waals surface area contributed by atoms with Crippen molar-refractivity contribution < 1.29 is 4.74 Å². The molecule has 0 saturated carbocycles. The zero-order chi connectivity index (χ0) is 26.9. The second kappa shape index (κ2) is 10.4. The number of methoxy groups -OCH3 is 1. The third-order valence-corrected chi connectivity index (χ3v) is 7.14. The standard InChI is InChI=1S/C30H37N7O/c1-21-7-8-23(30(2,3)4)17-26(21)33-29-28(22-18-32-35(5)20-22)31-19-27(34-29)37-15-13-36(14-16-37)24-9-11-25(38-6)12-10-24/h7-12,17-20H,13-16H2,1-6H3,(H,33,34). The lowest BCUT2D eigenvalue weighted by molar-refractivity contribution is 0.415. The highest BCUT2D eigenvalue weighted by Gasteiger charge is 2.22. The second-order valence-corrected chi connectivity index (χ2v) is 10.9. The Morgan fingerprint density at radius 3 is 2.26 bits per heavy atom. The predicted octanol–water partition coefficient (Wildman–Crippen LogP) is 5.56. The molecular weight excluding hydrogens is 474 g/mol. The van der Waals surface area contributed by atoms with E-state index in [1.165, 1.54) is 11.3 Å². The minimum absolute atomic E-state index is 0.0490. The molecule has 1 fully saturated rings. The highest BCUT2D eigenvalue weighted by atomic mass is 16.5. The summed E-state index contributed by atoms with van der Waals surface area (Å²) in [5, 5.41) is 7.99. The van der Waals surface area contributed by atoms with Gasteiger partial charge in [0.05, 0.1) is 19.5 Å². The molecule has 2 aromatic carbocycles. The molecule has 4 aromatic rings. The van der Waals surface area contributed by atoms with E-state index in [-0.39, 0.29) is 5.41 Å². The first kappa shape index (κ1) is 25.6. The van der Waals surface area contributed by atoms with Crippen LogP contribution in [0.2, 0.25) is 0 Å². The van der Waals surface area contributed by atoms with Crippen molar-refractivity contribution in [2.45, 2.75) is 33.1 Å². The third-order valence-electron chi connectivity index (χ3n) is 7.14. The molecule has 0 unspecified atom stereocenters. The van der Waals surface area contributed by atoms with E-state index in [9.17, 15) is 0 Å². The Hall–Kier alpha value is -4.07. The van der Waals surface area contributed by atoms with Gasteiger partial charge in [-0.2, -0.15) is 5.10 Å². The third kappa shape index (κ3) is 5.44. The van der Waals surface area contributed by atoms with Crippen LogP contribution in [0.1, 0.15) is 31.9 Å². The Kier molecular flexibility index (Phi) is 6.97. The van der Waals surface area contributed by atoms with Gasteiger partial charge in [0.15, 0.2) is 5.82 Å². The highest BCUT2D eigenvalue weighted by Crippen LogP contribution is 2.33. The van der Waals surface area contributed by atoms with E-state index < -0.39 is 0 Å². The van der Waals surface area contributed by atoms with Crippen molar-refractivity contribution in [3.8, 4) is 17.0 Å². The zero-order valence-electron chi connectivity index (χ0n) is 23.2. The van der Waals surface area contributed by atoms with Crippen LogP contribution in [0.5, 0.6) is 5.75 Å². The van der Waals surface area contributed by atoms with Crippen molar-refractivity contribution in [3.05, 3.63) is 72.2 Å². The number of aryl methyl sites for hydroxylation is 2. The number of rotatable bonds is 6. The molecule has 38 heavy (non-hydrogen) atoms. The monoisotopic (exact) mass is 511 g/mol. The molecule has 1 aliphatic rings. The molecule has 5 rings (SSSR count). The van der Waals surface area contributed by atoms with Crippen LogP contribution in [-0.2, 0) is 12.5 Å². The molecule has 2 aromatic heterocycles. The molecule has 0 radical (unpaired) electrons. The maximum atomic E-state index is 5.31. The van der Waals surface area contributed by atoms with Crippen LogP contribution in [0.25, 0.3) is 11.3 Å². The van der Waals surface area contributed by atoms with Gasteiger partial charge in [-0.3, -0.25) is 4.68 Å². The summed E-state index contributed by atoms with van der Waals surface area (Å²) in [6, 6.07) is 14.9. The number of nitrogens with zero attached hydrogens (tertiary/aromatic N) is 6. The molecule has 1 aliphatic heterocycles. The summed E-state index contributed by atoms with van der Waals surface area (Å²) in [5.74, 6) is 2.49. The van der Waals surface area contributed by atoms with Crippen molar-refractivity contribution in [2.75, 3.05) is 48.4 Å². The molecule has 8 heteroatoms. The first-order chi connectivity index (χ1) is 18.2. The van der Waals surface area contributed by atoms with Crippen molar-refractivity contribution >= 4 is 23.0 Å². The summed E-state index contributed by atoms with van der Waals surface area (Å²) in [6.07, 6.45) is 5.69. The number of aromatic nitrogens is 4. The maximum absolute atomic E-state index is 5.31. The molecular formula is C30H37N7O. The Morgan fingerprint density at radius 1 is 0.921 bits per heavy atom. The first-order valence-electron chi connectivity index (χ1n) is 13.1. The summed E-state index contributed by atoms with van der Waals surface area (Å²) in [7, 11) is 3.61. The largest absolute Gasteiger partial charge is 0.497 e. The summed E-state index contributed by atoms with van der Waals surface area (Å²) < 4.78 is 7.10. The number of hydrogen-bond donors (Lipinski definition) is 1. The number of piperazine rings is 1. The minimum Gasteiger partial charge on any atom is -0.497 e. The molecule has 0 spiro atoms. The second-order valence-electron chi connectivity index (χ2n) is 10.9. The van der Waals surface area contributed by atoms with Crippen molar-refractivity contribution in [3.63, 3.8) is 0 Å². The van der Waals surface area contributed by atoms with Crippen LogP contribution in [0, 0.1) is 6.92 Å². The fraction of sp³-hybridized carbons (Fsp3) is 0.367. The van der Waals surface area contributed by atoms with E-state index in [1.54, 1.807) is 11.8 Å². The molecule has 3 heterocycles. The average Bonchev–Trinajstić information content (AvgIpc) is 3.35. The molecule has 8 nitrogen and oxygen atoms in total. The zero-order valence-corrected chi connectivity index (χ0v) is 23.2. The van der Waals surface area contributed by atoms with E-state index >= 15 is 0 Å². The van der Waals surface area contributed by atoms with E-state index in [4.69, 9.17) is 14.7 Å². The van der Waals surface area contributed by atoms with Gasteiger partial charge in [0, 0.05) is 56.4 Å². The highest BCUT2D eigenvalue weighted by molar-refractivity contribution is 5.76. The van der Waals surface area contributed by atoms with Crippen molar-refractivity contribution in [2.24, 2.45) is 7.05 Å². The van der Waals surface area contributed by atoms with Crippen LogP contribution in [0.15, 0.2) is 61.1 Å². The molecule has 0 amide bonds. The van der Waals surface area contributed by atoms with E-state index in [0.29, 0.717) is 0 Å². The van der Waals surface area contributed by atoms with E-state index in [1.807, 2.05) is 37.8 Å². The van der Waals surface area contributed by atoms with Crippen LogP contribution in [0.3, 0.4) is 0 Å². The van der Waals surface area contributed by atoms with Gasteiger partial charge in [0.2, 0.25) is 0 Å². The minimum atomic E-state index is 0.0490. The summed E-state index contributed by atoms with van der Waals surface area (Å²) in [5.41, 5.74) is 6.45. The maximum Gasteiger partial charge on any atom is 0.159 e. The molecule has 1 saturated heterocycles. The Bertz CT molecular complexity index is 1400. The van der Waals surface area contributed by atoms with Gasteiger partial charge in [0.25, 0.3) is 0 Å². The molecule has 1 N–H and O–H groups in total. The lowest BCUT2D eigenvalue weighted by atomic mass is 9.86. The number of ether oxygens (including phenoxy) is 1. The number of hydrogen-bond acceptors (Lipinski definition) is 7. The predicted molar refractivity (Wildman–Crippen MR) is 155 cm³/mol. The van der Waals surface area contributed by atoms with Crippen LogP contribution in [0.4, 0.5) is 23.0 Å². The van der Waals surface area contributed by atoms with Crippen molar-refractivity contribution in [1.29, 1.82) is 0 Å². The van der Waals surface area contributed by atoms with Gasteiger partial charge in [-0.25, -0.2) is 9.97 Å². The fourth-order valence-electron chi connectivity index (χ4n) is 4.71. The Balaban J connectivity index is 1.42. The van der Waals surface area contributed by atoms with Gasteiger partial charge in [-0.1, -0.05) is 32.9 Å².